The molecule has 0 bridgehead atoms. The minimum atomic E-state index is 0.641. The molecule has 0 radical (unpaired) electrons. The zero-order valence-corrected chi connectivity index (χ0v) is 12.9. The number of methoxy groups -OCH3 is 1. The molecule has 2 aromatic carbocycles. The van der Waals surface area contributed by atoms with Crippen LogP contribution in [0.1, 0.15) is 0 Å². The maximum Gasteiger partial charge on any atom is 0.163 e. The minimum Gasteiger partial charge on any atom is -0.497 e. The van der Waals surface area contributed by atoms with Crippen molar-refractivity contribution in [1.29, 1.82) is 0 Å². The van der Waals surface area contributed by atoms with Gasteiger partial charge in [0.2, 0.25) is 0 Å². The first-order chi connectivity index (χ1) is 10.3. The van der Waals surface area contributed by atoms with Crippen molar-refractivity contribution in [2.75, 3.05) is 7.11 Å². The second-order valence-electron chi connectivity index (χ2n) is 4.37. The van der Waals surface area contributed by atoms with Gasteiger partial charge in [0.15, 0.2) is 11.6 Å². The van der Waals surface area contributed by atoms with E-state index in [2.05, 4.69) is 30.9 Å². The Morgan fingerprint density at radius 2 is 1.62 bits per heavy atom. The lowest BCUT2D eigenvalue weighted by molar-refractivity contribution is 0.415. The SMILES string of the molecule is COc1ccc(-c2ncnc(-c3cccc(Br)c3)n2)cc1. The lowest BCUT2D eigenvalue weighted by Crippen LogP contribution is -1.95. The smallest absolute Gasteiger partial charge is 0.163 e. The Morgan fingerprint density at radius 1 is 0.905 bits per heavy atom. The van der Waals surface area contributed by atoms with Gasteiger partial charge in [0.1, 0.15) is 12.1 Å². The summed E-state index contributed by atoms with van der Waals surface area (Å²) in [6.45, 7) is 0. The molecular weight excluding hydrogens is 330 g/mol. The van der Waals surface area contributed by atoms with Gasteiger partial charge in [0.05, 0.1) is 7.11 Å². The third-order valence-corrected chi connectivity index (χ3v) is 3.50. The zero-order chi connectivity index (χ0) is 14.7. The fourth-order valence-electron chi connectivity index (χ4n) is 1.94. The quantitative estimate of drug-likeness (QED) is 0.722. The van der Waals surface area contributed by atoms with Crippen LogP contribution in [0.5, 0.6) is 5.75 Å². The molecule has 0 spiro atoms. The van der Waals surface area contributed by atoms with Crippen LogP contribution in [-0.2, 0) is 0 Å². The van der Waals surface area contributed by atoms with Crippen LogP contribution in [0.15, 0.2) is 59.3 Å². The highest BCUT2D eigenvalue weighted by Gasteiger charge is 2.06. The molecule has 0 aliphatic carbocycles. The predicted octanol–water partition coefficient (Wildman–Crippen LogP) is 3.98. The molecule has 0 atom stereocenters. The molecule has 1 aromatic heterocycles. The van der Waals surface area contributed by atoms with Crippen molar-refractivity contribution in [3.8, 4) is 28.5 Å². The average Bonchev–Trinajstić information content (AvgIpc) is 2.55. The molecule has 0 aliphatic rings. The van der Waals surface area contributed by atoms with Crippen molar-refractivity contribution in [3.05, 3.63) is 59.3 Å². The number of ether oxygens (including phenoxy) is 1. The van der Waals surface area contributed by atoms with Crippen LogP contribution in [-0.4, -0.2) is 22.1 Å². The predicted molar refractivity (Wildman–Crippen MR) is 85.0 cm³/mol. The van der Waals surface area contributed by atoms with E-state index in [9.17, 15) is 0 Å². The molecule has 0 fully saturated rings. The summed E-state index contributed by atoms with van der Waals surface area (Å²) in [6.07, 6.45) is 1.53. The molecule has 3 aromatic rings. The molecule has 0 N–H and O–H groups in total. The van der Waals surface area contributed by atoms with Gasteiger partial charge in [-0.15, -0.1) is 0 Å². The van der Waals surface area contributed by atoms with E-state index in [-0.39, 0.29) is 0 Å². The monoisotopic (exact) mass is 341 g/mol. The zero-order valence-electron chi connectivity index (χ0n) is 11.3. The summed E-state index contributed by atoms with van der Waals surface area (Å²) in [4.78, 5) is 13.0. The first-order valence-corrected chi connectivity index (χ1v) is 7.15. The van der Waals surface area contributed by atoms with E-state index in [1.165, 1.54) is 6.33 Å². The lowest BCUT2D eigenvalue weighted by Gasteiger charge is -2.05. The summed E-state index contributed by atoms with van der Waals surface area (Å²) in [6, 6.07) is 15.5. The van der Waals surface area contributed by atoms with E-state index in [1.54, 1.807) is 7.11 Å². The van der Waals surface area contributed by atoms with Crippen molar-refractivity contribution in [1.82, 2.24) is 15.0 Å². The topological polar surface area (TPSA) is 47.9 Å². The van der Waals surface area contributed by atoms with E-state index >= 15 is 0 Å². The van der Waals surface area contributed by atoms with Crippen LogP contribution in [0, 0.1) is 0 Å². The molecular formula is C16H12BrN3O. The second kappa shape index (κ2) is 6.01. The molecule has 21 heavy (non-hydrogen) atoms. The van der Waals surface area contributed by atoms with Gasteiger partial charge in [-0.3, -0.25) is 0 Å². The molecule has 0 saturated heterocycles. The molecule has 104 valence electrons. The average molecular weight is 342 g/mol. The molecule has 3 rings (SSSR count). The fraction of sp³-hybridized carbons (Fsp3) is 0.0625. The van der Waals surface area contributed by atoms with Crippen LogP contribution < -0.4 is 4.74 Å². The number of nitrogens with zero attached hydrogens (tertiary/aromatic N) is 3. The van der Waals surface area contributed by atoms with Crippen molar-refractivity contribution >= 4 is 15.9 Å². The number of hydrogen-bond donors (Lipinski definition) is 0. The van der Waals surface area contributed by atoms with Gasteiger partial charge < -0.3 is 4.74 Å². The standard InChI is InChI=1S/C16H12BrN3O/c1-21-14-7-5-11(6-8-14)15-18-10-19-16(20-15)12-3-2-4-13(17)9-12/h2-10H,1H3. The van der Waals surface area contributed by atoms with E-state index in [4.69, 9.17) is 4.74 Å². The molecule has 5 heteroatoms. The first-order valence-electron chi connectivity index (χ1n) is 6.35. The third-order valence-electron chi connectivity index (χ3n) is 3.00. The Bertz CT molecular complexity index is 759. The Balaban J connectivity index is 1.99. The summed E-state index contributed by atoms with van der Waals surface area (Å²) < 4.78 is 6.14. The molecule has 0 saturated carbocycles. The summed E-state index contributed by atoms with van der Waals surface area (Å²) >= 11 is 3.45. The van der Waals surface area contributed by atoms with Crippen molar-refractivity contribution in [2.45, 2.75) is 0 Å². The molecule has 0 aliphatic heterocycles. The second-order valence-corrected chi connectivity index (χ2v) is 5.29. The normalized spacial score (nSPS) is 10.4. The van der Waals surface area contributed by atoms with Crippen LogP contribution in [0.2, 0.25) is 0 Å². The number of halogens is 1. The number of benzene rings is 2. The highest BCUT2D eigenvalue weighted by Crippen LogP contribution is 2.23. The van der Waals surface area contributed by atoms with E-state index in [0.29, 0.717) is 11.6 Å². The largest absolute Gasteiger partial charge is 0.497 e. The highest BCUT2D eigenvalue weighted by molar-refractivity contribution is 9.10. The number of hydrogen-bond acceptors (Lipinski definition) is 4. The number of rotatable bonds is 3. The summed E-state index contributed by atoms with van der Waals surface area (Å²) in [5, 5.41) is 0. The first kappa shape index (κ1) is 13.7. The van der Waals surface area contributed by atoms with Crippen LogP contribution >= 0.6 is 15.9 Å². The Hall–Kier alpha value is -2.27. The van der Waals surface area contributed by atoms with Gasteiger partial charge in [-0.2, -0.15) is 0 Å². The van der Waals surface area contributed by atoms with Crippen LogP contribution in [0.4, 0.5) is 0 Å². The van der Waals surface area contributed by atoms with Gasteiger partial charge in [-0.05, 0) is 36.4 Å². The Morgan fingerprint density at radius 3 is 2.29 bits per heavy atom. The van der Waals surface area contributed by atoms with Crippen LogP contribution in [0.25, 0.3) is 22.8 Å². The van der Waals surface area contributed by atoms with Crippen LogP contribution in [0.3, 0.4) is 0 Å². The molecule has 4 nitrogen and oxygen atoms in total. The van der Waals surface area contributed by atoms with Gasteiger partial charge >= 0.3 is 0 Å². The summed E-state index contributed by atoms with van der Waals surface area (Å²) in [5.74, 6) is 2.10. The van der Waals surface area contributed by atoms with Crippen molar-refractivity contribution < 1.29 is 4.74 Å². The molecule has 1 heterocycles. The third kappa shape index (κ3) is 3.08. The van der Waals surface area contributed by atoms with E-state index in [0.717, 1.165) is 21.3 Å². The fourth-order valence-corrected chi connectivity index (χ4v) is 2.34. The van der Waals surface area contributed by atoms with Gasteiger partial charge in [0.25, 0.3) is 0 Å². The lowest BCUT2D eigenvalue weighted by atomic mass is 10.2. The van der Waals surface area contributed by atoms with Gasteiger partial charge in [-0.25, -0.2) is 15.0 Å². The molecule has 0 amide bonds. The number of aromatic nitrogens is 3. The summed E-state index contributed by atoms with van der Waals surface area (Å²) in [7, 11) is 1.64. The van der Waals surface area contributed by atoms with Gasteiger partial charge in [0, 0.05) is 15.6 Å². The van der Waals surface area contributed by atoms with Crippen molar-refractivity contribution in [3.63, 3.8) is 0 Å². The Kier molecular flexibility index (Phi) is 3.92. The highest BCUT2D eigenvalue weighted by atomic mass is 79.9. The Labute approximate surface area is 131 Å². The maximum absolute atomic E-state index is 5.15. The maximum atomic E-state index is 5.15. The molecule has 0 unspecified atom stereocenters. The van der Waals surface area contributed by atoms with Gasteiger partial charge in [-0.1, -0.05) is 28.1 Å². The van der Waals surface area contributed by atoms with E-state index < -0.39 is 0 Å². The van der Waals surface area contributed by atoms with Crippen molar-refractivity contribution in [2.24, 2.45) is 0 Å². The minimum absolute atomic E-state index is 0.641. The van der Waals surface area contributed by atoms with E-state index in [1.807, 2.05) is 48.5 Å². The summed E-state index contributed by atoms with van der Waals surface area (Å²) in [5.41, 5.74) is 1.87.